The number of aromatic nitrogens is 2. The zero-order valence-electron chi connectivity index (χ0n) is 22.5. The lowest BCUT2D eigenvalue weighted by Crippen LogP contribution is -2.35. The van der Waals surface area contributed by atoms with E-state index in [0.717, 1.165) is 69.0 Å². The van der Waals surface area contributed by atoms with E-state index >= 15 is 0 Å². The predicted octanol–water partition coefficient (Wildman–Crippen LogP) is 5.86. The highest BCUT2D eigenvalue weighted by Crippen LogP contribution is 2.49. The second-order valence-electron chi connectivity index (χ2n) is 11.1. The largest absolute Gasteiger partial charge is 0.444 e. The summed E-state index contributed by atoms with van der Waals surface area (Å²) < 4.78 is 35.5. The van der Waals surface area contributed by atoms with Crippen LogP contribution in [0.5, 0.6) is 11.5 Å². The number of hydrogen-bond donors (Lipinski definition) is 0. The molecule has 4 heterocycles. The summed E-state index contributed by atoms with van der Waals surface area (Å²) in [6.45, 7) is 6.11. The maximum absolute atomic E-state index is 14.9. The first-order valence-corrected chi connectivity index (χ1v) is 14.0. The molecule has 0 saturated carbocycles. The molecule has 7 rings (SSSR count). The molecule has 0 bridgehead atoms. The zero-order chi connectivity index (χ0) is 27.3. The van der Waals surface area contributed by atoms with Crippen LogP contribution in [0.2, 0.25) is 0 Å². The first-order valence-electron chi connectivity index (χ1n) is 14.0. The quantitative estimate of drug-likeness (QED) is 0.306. The number of rotatable bonds is 6. The number of fused-ring (bicyclic) bond motifs is 2. The van der Waals surface area contributed by atoms with E-state index in [1.54, 1.807) is 19.1 Å². The third-order valence-corrected chi connectivity index (χ3v) is 8.50. The summed E-state index contributed by atoms with van der Waals surface area (Å²) >= 11 is 0. The molecule has 40 heavy (non-hydrogen) atoms. The molecule has 0 radical (unpaired) electrons. The lowest BCUT2D eigenvalue weighted by molar-refractivity contribution is -0.0712. The van der Waals surface area contributed by atoms with E-state index in [-0.39, 0.29) is 17.2 Å². The fraction of sp³-hybridized carbons (Fsp3) is 0.375. The van der Waals surface area contributed by atoms with E-state index in [2.05, 4.69) is 33.7 Å². The molecule has 1 aromatic heterocycles. The van der Waals surface area contributed by atoms with Gasteiger partial charge in [-0.2, -0.15) is 5.26 Å². The molecule has 8 heteroatoms. The fourth-order valence-electron chi connectivity index (χ4n) is 6.22. The summed E-state index contributed by atoms with van der Waals surface area (Å²) in [5, 5.41) is 9.11. The minimum Gasteiger partial charge on any atom is -0.444 e. The Morgan fingerprint density at radius 1 is 1.05 bits per heavy atom. The maximum Gasteiger partial charge on any atom is 0.278 e. The molecule has 0 amide bonds. The highest BCUT2D eigenvalue weighted by molar-refractivity contribution is 5.75. The monoisotopic (exact) mass is 538 g/mol. The van der Waals surface area contributed by atoms with Crippen molar-refractivity contribution in [2.24, 2.45) is 0 Å². The molecule has 3 aliphatic rings. The summed E-state index contributed by atoms with van der Waals surface area (Å²) in [5.41, 5.74) is 3.84. The number of nitriles is 1. The van der Waals surface area contributed by atoms with Crippen molar-refractivity contribution in [1.82, 2.24) is 14.5 Å². The number of benzene rings is 3. The van der Waals surface area contributed by atoms with Gasteiger partial charge in [0.05, 0.1) is 47.4 Å². The van der Waals surface area contributed by atoms with Crippen molar-refractivity contribution < 1.29 is 18.6 Å². The van der Waals surface area contributed by atoms with Crippen molar-refractivity contribution in [1.29, 1.82) is 5.26 Å². The number of ether oxygens (including phenoxy) is 3. The molecule has 0 N–H and O–H groups in total. The van der Waals surface area contributed by atoms with Gasteiger partial charge >= 0.3 is 0 Å². The number of piperidine rings is 1. The maximum atomic E-state index is 14.9. The molecular weight excluding hydrogens is 507 g/mol. The summed E-state index contributed by atoms with van der Waals surface area (Å²) in [5.74, 6) is 0.907. The van der Waals surface area contributed by atoms with Gasteiger partial charge in [0.1, 0.15) is 11.6 Å². The summed E-state index contributed by atoms with van der Waals surface area (Å²) in [7, 11) is 0. The molecule has 7 nitrogen and oxygen atoms in total. The van der Waals surface area contributed by atoms with Crippen LogP contribution in [-0.2, 0) is 23.6 Å². The van der Waals surface area contributed by atoms with Gasteiger partial charge in [-0.3, -0.25) is 4.90 Å². The van der Waals surface area contributed by atoms with Crippen molar-refractivity contribution >= 4 is 11.0 Å². The van der Waals surface area contributed by atoms with Gasteiger partial charge in [0.2, 0.25) is 0 Å². The number of para-hydroxylation sites is 3. The van der Waals surface area contributed by atoms with E-state index in [0.29, 0.717) is 17.4 Å². The number of hydrogen-bond acceptors (Lipinski definition) is 6. The molecule has 4 aromatic rings. The third kappa shape index (κ3) is 4.40. The van der Waals surface area contributed by atoms with E-state index in [4.69, 9.17) is 24.5 Å². The predicted molar refractivity (Wildman–Crippen MR) is 148 cm³/mol. The van der Waals surface area contributed by atoms with Gasteiger partial charge in [0.15, 0.2) is 11.5 Å². The number of nitrogens with zero attached hydrogens (tertiary/aromatic N) is 4. The van der Waals surface area contributed by atoms with E-state index < -0.39 is 11.6 Å². The molecule has 2 fully saturated rings. The zero-order valence-corrected chi connectivity index (χ0v) is 22.5. The Bertz CT molecular complexity index is 1620. The molecule has 3 aliphatic heterocycles. The Morgan fingerprint density at radius 2 is 1.88 bits per heavy atom. The Morgan fingerprint density at radius 3 is 2.62 bits per heavy atom. The molecule has 0 aliphatic carbocycles. The van der Waals surface area contributed by atoms with Crippen LogP contribution in [0.15, 0.2) is 60.7 Å². The minimum atomic E-state index is -1.29. The van der Waals surface area contributed by atoms with Gasteiger partial charge in [0.25, 0.3) is 5.79 Å². The average molecular weight is 539 g/mol. The van der Waals surface area contributed by atoms with E-state index in [1.807, 2.05) is 24.3 Å². The minimum absolute atomic E-state index is 0.264. The van der Waals surface area contributed by atoms with Crippen molar-refractivity contribution in [2.45, 2.75) is 57.1 Å². The molecule has 0 spiro atoms. The Hall–Kier alpha value is -3.93. The van der Waals surface area contributed by atoms with Gasteiger partial charge in [-0.1, -0.05) is 24.3 Å². The molecule has 1 unspecified atom stereocenters. The van der Waals surface area contributed by atoms with Crippen LogP contribution in [0, 0.1) is 17.1 Å². The standard InChI is InChI=1S/C32H31FN4O3/c1-32(25-10-9-21(18-34)17-26(25)33)39-29-8-4-5-24(31(29)40-32)22-11-14-36(15-12-22)20-30-35-27-6-2-3-7-28(27)37(30)19-23-13-16-38-23/h2-10,17,22-23H,11-16,19-20H2,1H3/t23-,32?/m0/s1. The van der Waals surface area contributed by atoms with Gasteiger partial charge in [-0.05, 0) is 74.7 Å². The van der Waals surface area contributed by atoms with Gasteiger partial charge in [0, 0.05) is 19.1 Å². The van der Waals surface area contributed by atoms with Crippen LogP contribution in [0.1, 0.15) is 54.6 Å². The molecule has 204 valence electrons. The second-order valence-corrected chi connectivity index (χ2v) is 11.1. The molecule has 2 atom stereocenters. The van der Waals surface area contributed by atoms with Crippen LogP contribution in [0.4, 0.5) is 4.39 Å². The van der Waals surface area contributed by atoms with E-state index in [9.17, 15) is 4.39 Å². The second kappa shape index (κ2) is 9.92. The molecule has 2 saturated heterocycles. The van der Waals surface area contributed by atoms with Crippen LogP contribution < -0.4 is 9.47 Å². The van der Waals surface area contributed by atoms with Crippen LogP contribution >= 0.6 is 0 Å². The molecular formula is C32H31FN4O3. The van der Waals surface area contributed by atoms with Crippen molar-refractivity contribution in [3.63, 3.8) is 0 Å². The van der Waals surface area contributed by atoms with Crippen LogP contribution in [0.25, 0.3) is 11.0 Å². The normalized spacial score (nSPS) is 22.8. The topological polar surface area (TPSA) is 72.5 Å². The summed E-state index contributed by atoms with van der Waals surface area (Å²) in [4.78, 5) is 7.46. The van der Waals surface area contributed by atoms with E-state index in [1.165, 1.54) is 11.6 Å². The fourth-order valence-corrected chi connectivity index (χ4v) is 6.22. The van der Waals surface area contributed by atoms with Crippen LogP contribution in [0.3, 0.4) is 0 Å². The van der Waals surface area contributed by atoms with Gasteiger partial charge in [-0.15, -0.1) is 0 Å². The molecule has 3 aromatic carbocycles. The van der Waals surface area contributed by atoms with Gasteiger partial charge in [-0.25, -0.2) is 9.37 Å². The van der Waals surface area contributed by atoms with Crippen molar-refractivity contribution in [3.8, 4) is 17.6 Å². The number of halogens is 1. The third-order valence-electron chi connectivity index (χ3n) is 8.50. The van der Waals surface area contributed by atoms with Crippen molar-refractivity contribution in [3.05, 3.63) is 89.0 Å². The number of imidazole rings is 1. The summed E-state index contributed by atoms with van der Waals surface area (Å²) in [6.07, 6.45) is 3.33. The first-order chi connectivity index (χ1) is 19.5. The highest BCUT2D eigenvalue weighted by atomic mass is 19.1. The Balaban J connectivity index is 1.07. The smallest absolute Gasteiger partial charge is 0.278 e. The average Bonchev–Trinajstić information content (AvgIpc) is 3.47. The first kappa shape index (κ1) is 25.1. The Labute approximate surface area is 232 Å². The Kier molecular flexibility index (Phi) is 6.21. The number of likely N-dealkylation sites (tertiary alicyclic amines) is 1. The summed E-state index contributed by atoms with van der Waals surface area (Å²) in [6, 6.07) is 20.6. The lowest BCUT2D eigenvalue weighted by atomic mass is 9.88. The van der Waals surface area contributed by atoms with Crippen molar-refractivity contribution in [2.75, 3.05) is 19.7 Å². The lowest BCUT2D eigenvalue weighted by Gasteiger charge is -2.33. The highest BCUT2D eigenvalue weighted by Gasteiger charge is 2.43. The van der Waals surface area contributed by atoms with Crippen LogP contribution in [-0.4, -0.2) is 40.3 Å². The van der Waals surface area contributed by atoms with Gasteiger partial charge < -0.3 is 18.8 Å². The SMILES string of the molecule is CC1(c2ccc(C#N)cc2F)Oc2cccc(C3CCN(Cc4nc5ccccc5n4C[C@@H]4CCO4)CC3)c2O1.